The lowest BCUT2D eigenvalue weighted by atomic mass is 10.2. The number of nitrogens with zero attached hydrogens (tertiary/aromatic N) is 1. The second kappa shape index (κ2) is 11.5. The zero-order valence-electron chi connectivity index (χ0n) is 19.5. The van der Waals surface area contributed by atoms with Gasteiger partial charge in [0.05, 0.1) is 20.3 Å². The highest BCUT2D eigenvalue weighted by Crippen LogP contribution is 2.29. The first-order chi connectivity index (χ1) is 16.3. The number of nitrogens with one attached hydrogen (secondary N) is 1. The third kappa shape index (κ3) is 6.67. The van der Waals surface area contributed by atoms with Crippen LogP contribution < -0.4 is 19.5 Å². The molecule has 1 aliphatic rings. The SMILES string of the molecule is COc1ccnc(C(=O)N[C@H]2COC[C@H](Oc3ccc(C)cc3)C[C@H](C)OC2=O)c1OC(C)=O. The fourth-order valence-corrected chi connectivity index (χ4v) is 3.37. The van der Waals surface area contributed by atoms with Crippen LogP contribution in [0.25, 0.3) is 0 Å². The van der Waals surface area contributed by atoms with E-state index in [4.69, 9.17) is 23.7 Å². The first-order valence-corrected chi connectivity index (χ1v) is 10.8. The van der Waals surface area contributed by atoms with Crippen LogP contribution in [0.2, 0.25) is 0 Å². The van der Waals surface area contributed by atoms with Gasteiger partial charge >= 0.3 is 11.9 Å². The Balaban J connectivity index is 1.71. The van der Waals surface area contributed by atoms with E-state index in [1.807, 2.05) is 31.2 Å². The minimum atomic E-state index is -1.11. The van der Waals surface area contributed by atoms with E-state index in [2.05, 4.69) is 10.3 Å². The smallest absolute Gasteiger partial charge is 0.331 e. The summed E-state index contributed by atoms with van der Waals surface area (Å²) in [6, 6.07) is 7.95. The molecule has 182 valence electrons. The largest absolute Gasteiger partial charge is 0.493 e. The van der Waals surface area contributed by atoms with Gasteiger partial charge in [0.1, 0.15) is 18.0 Å². The lowest BCUT2D eigenvalue weighted by Gasteiger charge is -2.21. The monoisotopic (exact) mass is 472 g/mol. The molecule has 3 rings (SSSR count). The lowest BCUT2D eigenvalue weighted by molar-refractivity contribution is -0.151. The topological polar surface area (TPSA) is 122 Å². The molecule has 0 radical (unpaired) electrons. The number of hydrogen-bond acceptors (Lipinski definition) is 9. The van der Waals surface area contributed by atoms with Gasteiger partial charge in [0.2, 0.25) is 5.75 Å². The number of hydrogen-bond donors (Lipinski definition) is 1. The van der Waals surface area contributed by atoms with Gasteiger partial charge in [-0.15, -0.1) is 0 Å². The predicted molar refractivity (Wildman–Crippen MR) is 120 cm³/mol. The molecular formula is C24H28N2O8. The summed E-state index contributed by atoms with van der Waals surface area (Å²) in [5.74, 6) is -1.38. The van der Waals surface area contributed by atoms with Crippen molar-refractivity contribution in [2.75, 3.05) is 20.3 Å². The van der Waals surface area contributed by atoms with Crippen LogP contribution in [0.3, 0.4) is 0 Å². The summed E-state index contributed by atoms with van der Waals surface area (Å²) >= 11 is 0. The standard InChI is InChI=1S/C24H28N2O8/c1-14-5-7-17(8-6-14)34-18-11-15(2)32-24(29)19(13-31-12-18)26-23(28)21-22(33-16(3)27)20(30-4)9-10-25-21/h5-10,15,18-19H,11-13H2,1-4H3,(H,26,28)/t15-,18+,19-/m0/s1. The minimum absolute atomic E-state index is 0.141. The quantitative estimate of drug-likeness (QED) is 0.631. The molecule has 1 saturated heterocycles. The fourth-order valence-electron chi connectivity index (χ4n) is 3.37. The normalized spacial score (nSPS) is 20.7. The highest BCUT2D eigenvalue weighted by atomic mass is 16.6. The van der Waals surface area contributed by atoms with Crippen LogP contribution in [0, 0.1) is 6.92 Å². The average molecular weight is 472 g/mol. The molecule has 0 aliphatic carbocycles. The molecule has 0 unspecified atom stereocenters. The number of cyclic esters (lactones) is 1. The first-order valence-electron chi connectivity index (χ1n) is 10.8. The molecule has 1 fully saturated rings. The summed E-state index contributed by atoms with van der Waals surface area (Å²) in [5, 5.41) is 2.55. The third-order valence-corrected chi connectivity index (χ3v) is 4.96. The van der Waals surface area contributed by atoms with Gasteiger partial charge in [-0.2, -0.15) is 0 Å². The Morgan fingerprint density at radius 3 is 2.56 bits per heavy atom. The van der Waals surface area contributed by atoms with Crippen LogP contribution in [-0.4, -0.2) is 61.4 Å². The molecule has 2 aromatic rings. The Hall–Kier alpha value is -3.66. The van der Waals surface area contributed by atoms with Crippen LogP contribution >= 0.6 is 0 Å². The van der Waals surface area contributed by atoms with Gasteiger partial charge in [0, 0.05) is 25.6 Å². The lowest BCUT2D eigenvalue weighted by Crippen LogP contribution is -2.45. The second-order valence-corrected chi connectivity index (χ2v) is 7.88. The van der Waals surface area contributed by atoms with Crippen molar-refractivity contribution in [1.82, 2.24) is 10.3 Å². The molecule has 0 bridgehead atoms. The van der Waals surface area contributed by atoms with Crippen LogP contribution in [0.1, 0.15) is 36.3 Å². The molecule has 1 N–H and O–H groups in total. The Bertz CT molecular complexity index is 1020. The zero-order valence-corrected chi connectivity index (χ0v) is 19.5. The van der Waals surface area contributed by atoms with Gasteiger partial charge in [0.15, 0.2) is 17.5 Å². The Morgan fingerprint density at radius 2 is 1.88 bits per heavy atom. The number of amides is 1. The Kier molecular flexibility index (Phi) is 8.42. The summed E-state index contributed by atoms with van der Waals surface area (Å²) in [4.78, 5) is 41.1. The third-order valence-electron chi connectivity index (χ3n) is 4.96. The number of benzene rings is 1. The number of methoxy groups -OCH3 is 1. The number of aromatic nitrogens is 1. The van der Waals surface area contributed by atoms with Gasteiger partial charge in [-0.1, -0.05) is 17.7 Å². The van der Waals surface area contributed by atoms with Crippen molar-refractivity contribution in [3.05, 3.63) is 47.8 Å². The van der Waals surface area contributed by atoms with Gasteiger partial charge < -0.3 is 29.0 Å². The minimum Gasteiger partial charge on any atom is -0.493 e. The van der Waals surface area contributed by atoms with E-state index in [0.717, 1.165) is 5.56 Å². The number of esters is 2. The number of carbonyl (C=O) groups excluding carboxylic acids is 3. The van der Waals surface area contributed by atoms with Crippen molar-refractivity contribution in [1.29, 1.82) is 0 Å². The highest BCUT2D eigenvalue weighted by molar-refractivity contribution is 5.98. The second-order valence-electron chi connectivity index (χ2n) is 7.88. The summed E-state index contributed by atoms with van der Waals surface area (Å²) < 4.78 is 27.5. The number of ether oxygens (including phenoxy) is 5. The van der Waals surface area contributed by atoms with Crippen LogP contribution in [0.5, 0.6) is 17.2 Å². The average Bonchev–Trinajstić information content (AvgIpc) is 2.84. The predicted octanol–water partition coefficient (Wildman–Crippen LogP) is 2.22. The van der Waals surface area contributed by atoms with Crippen molar-refractivity contribution in [3.8, 4) is 17.2 Å². The van der Waals surface area contributed by atoms with Crippen molar-refractivity contribution < 1.29 is 38.1 Å². The Labute approximate surface area is 197 Å². The van der Waals surface area contributed by atoms with Gasteiger partial charge in [-0.05, 0) is 26.0 Å². The van der Waals surface area contributed by atoms with Crippen molar-refractivity contribution in [2.45, 2.75) is 45.4 Å². The van der Waals surface area contributed by atoms with Crippen molar-refractivity contribution in [2.24, 2.45) is 0 Å². The number of aryl methyl sites for hydroxylation is 1. The van der Waals surface area contributed by atoms with E-state index >= 15 is 0 Å². The molecule has 0 saturated carbocycles. The van der Waals surface area contributed by atoms with E-state index < -0.39 is 30.0 Å². The molecule has 2 heterocycles. The summed E-state index contributed by atoms with van der Waals surface area (Å²) in [7, 11) is 1.37. The summed E-state index contributed by atoms with van der Waals surface area (Å²) in [5.41, 5.74) is 0.900. The van der Waals surface area contributed by atoms with E-state index in [1.54, 1.807) is 6.92 Å². The molecule has 10 heteroatoms. The first kappa shape index (κ1) is 25.0. The fraction of sp³-hybridized carbons (Fsp3) is 0.417. The maximum atomic E-state index is 12.9. The van der Waals surface area contributed by atoms with Crippen molar-refractivity contribution >= 4 is 17.8 Å². The molecular weight excluding hydrogens is 444 g/mol. The number of carbonyl (C=O) groups is 3. The van der Waals surface area contributed by atoms with E-state index in [1.165, 1.54) is 26.3 Å². The summed E-state index contributed by atoms with van der Waals surface area (Å²) in [6.45, 7) is 4.97. The van der Waals surface area contributed by atoms with Crippen LogP contribution in [0.15, 0.2) is 36.5 Å². The summed E-state index contributed by atoms with van der Waals surface area (Å²) in [6.07, 6.45) is 0.911. The number of pyridine rings is 1. The van der Waals surface area contributed by atoms with E-state index in [-0.39, 0.29) is 36.5 Å². The molecule has 1 amide bonds. The molecule has 1 aliphatic heterocycles. The number of rotatable bonds is 6. The maximum absolute atomic E-state index is 12.9. The van der Waals surface area contributed by atoms with Crippen LogP contribution in [-0.2, 0) is 19.1 Å². The van der Waals surface area contributed by atoms with Gasteiger partial charge in [0.25, 0.3) is 5.91 Å². The van der Waals surface area contributed by atoms with Crippen molar-refractivity contribution in [3.63, 3.8) is 0 Å². The zero-order chi connectivity index (χ0) is 24.7. The Morgan fingerprint density at radius 1 is 1.15 bits per heavy atom. The van der Waals surface area contributed by atoms with Gasteiger partial charge in [-0.3, -0.25) is 9.59 Å². The molecule has 1 aromatic carbocycles. The van der Waals surface area contributed by atoms with E-state index in [9.17, 15) is 14.4 Å². The van der Waals surface area contributed by atoms with Crippen LogP contribution in [0.4, 0.5) is 0 Å². The maximum Gasteiger partial charge on any atom is 0.331 e. The molecule has 1 aromatic heterocycles. The highest BCUT2D eigenvalue weighted by Gasteiger charge is 2.31. The molecule has 0 spiro atoms. The van der Waals surface area contributed by atoms with Gasteiger partial charge in [-0.25, -0.2) is 9.78 Å². The molecule has 3 atom stereocenters. The molecule has 34 heavy (non-hydrogen) atoms. The molecule has 10 nitrogen and oxygen atoms in total. The van der Waals surface area contributed by atoms with E-state index in [0.29, 0.717) is 12.2 Å².